The SMILES string of the molecule is COC(=O)[C@@H]1[C@@H](/C(=C\C=C\C(C)(C)O)COC(C)=O)CC[C@@]2(C)C[C@]1(O)CC[C@@H]2O. The van der Waals surface area contributed by atoms with Crippen molar-refractivity contribution in [2.24, 2.45) is 17.3 Å². The summed E-state index contributed by atoms with van der Waals surface area (Å²) in [5, 5.41) is 32.1. The van der Waals surface area contributed by atoms with Crippen LogP contribution in [0.25, 0.3) is 0 Å². The Morgan fingerprint density at radius 3 is 2.47 bits per heavy atom. The number of carbonyl (C=O) groups is 2. The van der Waals surface area contributed by atoms with Crippen LogP contribution in [0, 0.1) is 17.3 Å². The van der Waals surface area contributed by atoms with Crippen molar-refractivity contribution < 1.29 is 34.4 Å². The minimum Gasteiger partial charge on any atom is -0.469 e. The fourth-order valence-electron chi connectivity index (χ4n) is 4.97. The van der Waals surface area contributed by atoms with Gasteiger partial charge in [0, 0.05) is 6.92 Å². The zero-order chi connectivity index (χ0) is 22.7. The zero-order valence-corrected chi connectivity index (χ0v) is 18.7. The van der Waals surface area contributed by atoms with Crippen molar-refractivity contribution in [2.45, 2.75) is 77.1 Å². The molecule has 0 saturated heterocycles. The van der Waals surface area contributed by atoms with E-state index in [0.29, 0.717) is 37.7 Å². The highest BCUT2D eigenvalue weighted by molar-refractivity contribution is 5.75. The molecule has 0 radical (unpaired) electrons. The average Bonchev–Trinajstić information content (AvgIpc) is 2.73. The molecule has 7 heteroatoms. The van der Waals surface area contributed by atoms with Crippen molar-refractivity contribution >= 4 is 11.9 Å². The van der Waals surface area contributed by atoms with Crippen LogP contribution in [0.2, 0.25) is 0 Å². The number of hydrogen-bond acceptors (Lipinski definition) is 7. The van der Waals surface area contributed by atoms with Gasteiger partial charge in [-0.2, -0.15) is 0 Å². The van der Waals surface area contributed by atoms with Gasteiger partial charge in [-0.15, -0.1) is 0 Å². The van der Waals surface area contributed by atoms with E-state index in [1.54, 1.807) is 32.1 Å². The van der Waals surface area contributed by atoms with Crippen LogP contribution < -0.4 is 0 Å². The predicted molar refractivity (Wildman–Crippen MR) is 111 cm³/mol. The Labute approximate surface area is 178 Å². The van der Waals surface area contributed by atoms with E-state index in [2.05, 4.69) is 0 Å². The first-order chi connectivity index (χ1) is 13.8. The van der Waals surface area contributed by atoms with Crippen LogP contribution in [0.1, 0.15) is 59.8 Å². The second kappa shape index (κ2) is 9.20. The summed E-state index contributed by atoms with van der Waals surface area (Å²) in [6.45, 7) is 6.51. The smallest absolute Gasteiger partial charge is 0.312 e. The summed E-state index contributed by atoms with van der Waals surface area (Å²) >= 11 is 0. The predicted octanol–water partition coefficient (Wildman–Crippen LogP) is 2.28. The van der Waals surface area contributed by atoms with E-state index in [1.165, 1.54) is 14.0 Å². The third-order valence-electron chi connectivity index (χ3n) is 6.56. The van der Waals surface area contributed by atoms with Gasteiger partial charge in [0.15, 0.2) is 0 Å². The van der Waals surface area contributed by atoms with Gasteiger partial charge in [-0.25, -0.2) is 0 Å². The molecule has 2 aliphatic rings. The molecule has 0 unspecified atom stereocenters. The number of methoxy groups -OCH3 is 1. The maximum Gasteiger partial charge on any atom is 0.312 e. The van der Waals surface area contributed by atoms with Crippen LogP contribution in [0.15, 0.2) is 23.8 Å². The van der Waals surface area contributed by atoms with E-state index in [1.807, 2.05) is 6.92 Å². The van der Waals surface area contributed by atoms with E-state index in [4.69, 9.17) is 9.47 Å². The summed E-state index contributed by atoms with van der Waals surface area (Å²) in [4.78, 5) is 24.3. The highest BCUT2D eigenvalue weighted by atomic mass is 16.5. The number of allylic oxidation sites excluding steroid dienone is 2. The number of ether oxygens (including phenoxy) is 2. The van der Waals surface area contributed by atoms with E-state index < -0.39 is 46.5 Å². The van der Waals surface area contributed by atoms with Crippen molar-refractivity contribution in [3.05, 3.63) is 23.8 Å². The van der Waals surface area contributed by atoms with Crippen LogP contribution in [-0.4, -0.2) is 58.3 Å². The first kappa shape index (κ1) is 24.6. The van der Waals surface area contributed by atoms with E-state index >= 15 is 0 Å². The number of rotatable bonds is 6. The quantitative estimate of drug-likeness (QED) is 0.443. The molecule has 30 heavy (non-hydrogen) atoms. The number of hydrogen-bond donors (Lipinski definition) is 3. The topological polar surface area (TPSA) is 113 Å². The fourth-order valence-corrected chi connectivity index (χ4v) is 4.97. The summed E-state index contributed by atoms with van der Waals surface area (Å²) in [6, 6.07) is 0. The number of esters is 2. The molecular formula is C23H36O7. The maximum absolute atomic E-state index is 12.9. The lowest BCUT2D eigenvalue weighted by Gasteiger charge is -2.47. The summed E-state index contributed by atoms with van der Waals surface area (Å²) in [5.74, 6) is -2.23. The molecule has 170 valence electrons. The summed E-state index contributed by atoms with van der Waals surface area (Å²) in [7, 11) is 1.30. The highest BCUT2D eigenvalue weighted by Gasteiger charge is 2.57. The molecule has 2 saturated carbocycles. The van der Waals surface area contributed by atoms with Crippen molar-refractivity contribution in [3.8, 4) is 0 Å². The van der Waals surface area contributed by atoms with Crippen molar-refractivity contribution in [1.29, 1.82) is 0 Å². The third kappa shape index (κ3) is 5.71. The Morgan fingerprint density at radius 1 is 1.23 bits per heavy atom. The lowest BCUT2D eigenvalue weighted by atomic mass is 9.63. The van der Waals surface area contributed by atoms with Crippen LogP contribution >= 0.6 is 0 Å². The van der Waals surface area contributed by atoms with Crippen LogP contribution in [-0.2, 0) is 19.1 Å². The normalized spacial score (nSPS) is 35.1. The summed E-state index contributed by atoms with van der Waals surface area (Å²) < 4.78 is 10.3. The molecule has 5 atom stereocenters. The van der Waals surface area contributed by atoms with E-state index in [9.17, 15) is 24.9 Å². The molecule has 2 aliphatic carbocycles. The minimum atomic E-state index is -1.32. The molecule has 2 rings (SSSR count). The van der Waals surface area contributed by atoms with Gasteiger partial charge in [0.05, 0.1) is 30.3 Å². The Kier molecular flexibility index (Phi) is 7.54. The third-order valence-corrected chi connectivity index (χ3v) is 6.56. The molecule has 0 amide bonds. The van der Waals surface area contributed by atoms with Crippen molar-refractivity contribution in [2.75, 3.05) is 13.7 Å². The largest absolute Gasteiger partial charge is 0.469 e. The van der Waals surface area contributed by atoms with Crippen LogP contribution in [0.3, 0.4) is 0 Å². The zero-order valence-electron chi connectivity index (χ0n) is 18.7. The van der Waals surface area contributed by atoms with E-state index in [0.717, 1.165) is 0 Å². The highest BCUT2D eigenvalue weighted by Crippen LogP contribution is 2.54. The molecule has 0 spiro atoms. The molecule has 2 bridgehead atoms. The second-order valence-corrected chi connectivity index (χ2v) is 9.67. The minimum absolute atomic E-state index is 0.0287. The van der Waals surface area contributed by atoms with E-state index in [-0.39, 0.29) is 6.61 Å². The summed E-state index contributed by atoms with van der Waals surface area (Å²) in [5.41, 5.74) is -2.19. The molecule has 3 N–H and O–H groups in total. The Hall–Kier alpha value is -1.70. The first-order valence-electron chi connectivity index (χ1n) is 10.5. The molecular weight excluding hydrogens is 388 g/mol. The molecule has 0 aromatic rings. The number of fused-ring (bicyclic) bond motifs is 2. The fraction of sp³-hybridized carbons (Fsp3) is 0.739. The summed E-state index contributed by atoms with van der Waals surface area (Å²) in [6.07, 6.45) is 6.60. The first-order valence-corrected chi connectivity index (χ1v) is 10.5. The monoisotopic (exact) mass is 424 g/mol. The molecule has 2 fully saturated rings. The van der Waals surface area contributed by atoms with Crippen LogP contribution in [0.4, 0.5) is 0 Å². The van der Waals surface area contributed by atoms with Gasteiger partial charge >= 0.3 is 11.9 Å². The maximum atomic E-state index is 12.9. The average molecular weight is 425 g/mol. The standard InChI is InChI=1S/C23H36O7/c1-15(24)30-13-16(7-6-10-21(2,3)27)17-8-11-22(4)14-23(28,12-9-18(22)25)19(17)20(26)29-5/h6-7,10,17-19,25,27-28H,8-9,11-14H2,1-5H3/b10-6+,16-7-/t17-,18+,19+,22+,23-/m1/s1. The molecule has 0 aromatic heterocycles. The van der Waals surface area contributed by atoms with Gasteiger partial charge < -0.3 is 24.8 Å². The molecule has 7 nitrogen and oxygen atoms in total. The van der Waals surface area contributed by atoms with Crippen molar-refractivity contribution in [3.63, 3.8) is 0 Å². The second-order valence-electron chi connectivity index (χ2n) is 9.67. The van der Waals surface area contributed by atoms with Gasteiger partial charge in [0.25, 0.3) is 0 Å². The van der Waals surface area contributed by atoms with Gasteiger partial charge in [0.1, 0.15) is 6.61 Å². The lowest BCUT2D eigenvalue weighted by Crippen LogP contribution is -2.53. The number of carbonyl (C=O) groups excluding carboxylic acids is 2. The Balaban J connectivity index is 2.51. The van der Waals surface area contributed by atoms with Gasteiger partial charge in [-0.3, -0.25) is 9.59 Å². The van der Waals surface area contributed by atoms with Crippen molar-refractivity contribution in [1.82, 2.24) is 0 Å². The molecule has 0 aromatic carbocycles. The Morgan fingerprint density at radius 2 is 1.90 bits per heavy atom. The van der Waals surface area contributed by atoms with Gasteiger partial charge in [-0.1, -0.05) is 25.2 Å². The lowest BCUT2D eigenvalue weighted by molar-refractivity contribution is -0.170. The van der Waals surface area contributed by atoms with Gasteiger partial charge in [-0.05, 0) is 62.9 Å². The molecule has 0 aliphatic heterocycles. The van der Waals surface area contributed by atoms with Crippen LogP contribution in [0.5, 0.6) is 0 Å². The number of aliphatic hydroxyl groups excluding tert-OH is 1. The Bertz CT molecular complexity index is 705. The molecule has 0 heterocycles. The number of aliphatic hydroxyl groups is 3. The van der Waals surface area contributed by atoms with Gasteiger partial charge in [0.2, 0.25) is 0 Å².